The van der Waals surface area contributed by atoms with E-state index in [9.17, 15) is 4.79 Å². The van der Waals surface area contributed by atoms with Crippen molar-refractivity contribution >= 4 is 5.97 Å². The minimum absolute atomic E-state index is 0.0398. The molecule has 146 valence electrons. The van der Waals surface area contributed by atoms with Crippen LogP contribution in [0.25, 0.3) is 0 Å². The molecule has 2 aromatic rings. The molecule has 0 amide bonds. The van der Waals surface area contributed by atoms with Gasteiger partial charge in [-0.2, -0.15) is 0 Å². The highest BCUT2D eigenvalue weighted by Crippen LogP contribution is 2.34. The Morgan fingerprint density at radius 3 is 2.11 bits per heavy atom. The number of esters is 1. The Morgan fingerprint density at radius 1 is 0.963 bits per heavy atom. The van der Waals surface area contributed by atoms with Crippen LogP contribution in [-0.2, 0) is 20.9 Å². The van der Waals surface area contributed by atoms with Gasteiger partial charge in [-0.3, -0.25) is 4.79 Å². The van der Waals surface area contributed by atoms with E-state index in [2.05, 4.69) is 45.0 Å². The Kier molecular flexibility index (Phi) is 8.05. The molecular weight excluding hydrogens is 336 g/mol. The highest BCUT2D eigenvalue weighted by Gasteiger charge is 2.29. The smallest absolute Gasteiger partial charge is 0.309 e. The number of rotatable bonds is 9. The Bertz CT molecular complexity index is 674. The van der Waals surface area contributed by atoms with E-state index in [4.69, 9.17) is 9.47 Å². The Hall–Kier alpha value is -2.13. The third-order valence-corrected chi connectivity index (χ3v) is 4.44. The van der Waals surface area contributed by atoms with E-state index in [-0.39, 0.29) is 23.4 Å². The molecule has 0 aliphatic rings. The van der Waals surface area contributed by atoms with E-state index in [0.29, 0.717) is 19.6 Å². The van der Waals surface area contributed by atoms with Crippen LogP contribution in [0, 0.1) is 11.3 Å². The molecule has 2 rings (SSSR count). The van der Waals surface area contributed by atoms with Crippen molar-refractivity contribution < 1.29 is 14.3 Å². The van der Waals surface area contributed by atoms with E-state index < -0.39 is 0 Å². The molecule has 3 nitrogen and oxygen atoms in total. The van der Waals surface area contributed by atoms with Gasteiger partial charge in [0.25, 0.3) is 0 Å². The lowest BCUT2D eigenvalue weighted by Crippen LogP contribution is -2.26. The Labute approximate surface area is 163 Å². The summed E-state index contributed by atoms with van der Waals surface area (Å²) in [6.07, 6.45) is 1.24. The van der Waals surface area contributed by atoms with Crippen molar-refractivity contribution in [3.05, 3.63) is 71.8 Å². The van der Waals surface area contributed by atoms with Crippen LogP contribution in [0.4, 0.5) is 0 Å². The first kappa shape index (κ1) is 21.2. The predicted molar refractivity (Wildman–Crippen MR) is 109 cm³/mol. The van der Waals surface area contributed by atoms with E-state index in [1.807, 2.05) is 43.3 Å². The van der Waals surface area contributed by atoms with Crippen molar-refractivity contribution in [1.82, 2.24) is 0 Å². The summed E-state index contributed by atoms with van der Waals surface area (Å²) >= 11 is 0. The van der Waals surface area contributed by atoms with Crippen LogP contribution >= 0.6 is 0 Å². The second-order valence-electron chi connectivity index (χ2n) is 8.15. The van der Waals surface area contributed by atoms with Crippen LogP contribution < -0.4 is 0 Å². The summed E-state index contributed by atoms with van der Waals surface area (Å²) in [6.45, 7) is 9.24. The third-order valence-electron chi connectivity index (χ3n) is 4.44. The van der Waals surface area contributed by atoms with Gasteiger partial charge >= 0.3 is 5.97 Å². The van der Waals surface area contributed by atoms with Crippen LogP contribution in [0.15, 0.2) is 60.7 Å². The van der Waals surface area contributed by atoms with Crippen molar-refractivity contribution in [3.63, 3.8) is 0 Å². The van der Waals surface area contributed by atoms with E-state index in [0.717, 1.165) is 17.5 Å². The highest BCUT2D eigenvalue weighted by molar-refractivity contribution is 5.72. The van der Waals surface area contributed by atoms with Crippen molar-refractivity contribution in [2.24, 2.45) is 11.3 Å². The zero-order valence-corrected chi connectivity index (χ0v) is 17.0. The van der Waals surface area contributed by atoms with Gasteiger partial charge in [-0.15, -0.1) is 0 Å². The zero-order valence-electron chi connectivity index (χ0n) is 17.0. The first-order chi connectivity index (χ1) is 12.9. The van der Waals surface area contributed by atoms with Gasteiger partial charge < -0.3 is 9.47 Å². The van der Waals surface area contributed by atoms with Gasteiger partial charge in [-0.1, -0.05) is 81.4 Å². The average molecular weight is 369 g/mol. The van der Waals surface area contributed by atoms with E-state index in [1.54, 1.807) is 0 Å². The van der Waals surface area contributed by atoms with Crippen molar-refractivity contribution in [2.45, 2.75) is 53.2 Å². The number of ether oxygens (including phenoxy) is 2. The van der Waals surface area contributed by atoms with Crippen molar-refractivity contribution in [3.8, 4) is 0 Å². The second kappa shape index (κ2) is 10.3. The minimum atomic E-state index is -0.189. The molecule has 0 saturated carbocycles. The molecule has 2 atom stereocenters. The minimum Gasteiger partial charge on any atom is -0.466 e. The monoisotopic (exact) mass is 368 g/mol. The molecule has 0 spiro atoms. The van der Waals surface area contributed by atoms with E-state index in [1.165, 1.54) is 0 Å². The molecule has 0 aromatic heterocycles. The molecule has 0 aliphatic heterocycles. The lowest BCUT2D eigenvalue weighted by atomic mass is 9.81. The molecule has 0 N–H and O–H groups in total. The highest BCUT2D eigenvalue weighted by atomic mass is 16.5. The molecule has 2 aromatic carbocycles. The normalized spacial score (nSPS) is 13.8. The lowest BCUT2D eigenvalue weighted by Gasteiger charge is -2.28. The summed E-state index contributed by atoms with van der Waals surface area (Å²) in [5.41, 5.74) is 2.26. The molecule has 0 saturated heterocycles. The number of carbonyl (C=O) groups excluding carboxylic acids is 1. The summed E-state index contributed by atoms with van der Waals surface area (Å²) in [5.74, 6) is -0.317. The molecule has 0 aliphatic carbocycles. The largest absolute Gasteiger partial charge is 0.466 e. The maximum Gasteiger partial charge on any atom is 0.309 e. The van der Waals surface area contributed by atoms with E-state index >= 15 is 0 Å². The van der Waals surface area contributed by atoms with Gasteiger partial charge in [0.1, 0.15) is 0 Å². The standard InChI is InChI=1S/C24H32O3/c1-5-26-23(25)21(17-24(2,3)4)16-22(20-14-10-7-11-15-20)27-18-19-12-8-6-9-13-19/h6-15,21-22H,5,16-18H2,1-4H3/t21-,22+/m1/s1. The molecular formula is C24H32O3. The first-order valence-corrected chi connectivity index (χ1v) is 9.76. The van der Waals surface area contributed by atoms with Gasteiger partial charge in [0, 0.05) is 0 Å². The lowest BCUT2D eigenvalue weighted by molar-refractivity contribution is -0.151. The fourth-order valence-corrected chi connectivity index (χ4v) is 3.26. The summed E-state index contributed by atoms with van der Waals surface area (Å²) < 4.78 is 11.6. The first-order valence-electron chi connectivity index (χ1n) is 9.76. The molecule has 0 heterocycles. The topological polar surface area (TPSA) is 35.5 Å². The fourth-order valence-electron chi connectivity index (χ4n) is 3.26. The summed E-state index contributed by atoms with van der Waals surface area (Å²) in [4.78, 5) is 12.6. The third kappa shape index (κ3) is 7.56. The summed E-state index contributed by atoms with van der Waals surface area (Å²) in [7, 11) is 0. The number of benzene rings is 2. The molecule has 0 radical (unpaired) electrons. The maximum atomic E-state index is 12.6. The molecule has 0 fully saturated rings. The molecule has 0 unspecified atom stereocenters. The van der Waals surface area contributed by atoms with Gasteiger partial charge in [-0.25, -0.2) is 0 Å². The van der Waals surface area contributed by atoms with Crippen LogP contribution in [0.2, 0.25) is 0 Å². The predicted octanol–water partition coefficient (Wildman–Crippen LogP) is 5.95. The number of hydrogen-bond donors (Lipinski definition) is 0. The quantitative estimate of drug-likeness (QED) is 0.513. The molecule has 0 bridgehead atoms. The van der Waals surface area contributed by atoms with Gasteiger partial charge in [0.05, 0.1) is 25.2 Å². The van der Waals surface area contributed by atoms with Crippen LogP contribution in [0.5, 0.6) is 0 Å². The van der Waals surface area contributed by atoms with Crippen LogP contribution in [0.1, 0.15) is 57.8 Å². The SMILES string of the molecule is CCOC(=O)[C@H](C[C@H](OCc1ccccc1)c1ccccc1)CC(C)(C)C. The fraction of sp³-hybridized carbons (Fsp3) is 0.458. The van der Waals surface area contributed by atoms with Gasteiger partial charge in [0.2, 0.25) is 0 Å². The summed E-state index contributed by atoms with van der Waals surface area (Å²) in [5, 5.41) is 0. The number of hydrogen-bond acceptors (Lipinski definition) is 3. The van der Waals surface area contributed by atoms with Gasteiger partial charge in [0.15, 0.2) is 0 Å². The van der Waals surface area contributed by atoms with Crippen LogP contribution in [0.3, 0.4) is 0 Å². The molecule has 3 heteroatoms. The Balaban J connectivity index is 2.18. The average Bonchev–Trinajstić information content (AvgIpc) is 2.65. The van der Waals surface area contributed by atoms with Crippen molar-refractivity contribution in [1.29, 1.82) is 0 Å². The number of carbonyl (C=O) groups is 1. The molecule has 27 heavy (non-hydrogen) atoms. The van der Waals surface area contributed by atoms with Crippen LogP contribution in [-0.4, -0.2) is 12.6 Å². The van der Waals surface area contributed by atoms with Crippen molar-refractivity contribution in [2.75, 3.05) is 6.61 Å². The summed E-state index contributed by atoms with van der Waals surface area (Å²) in [6, 6.07) is 20.3. The maximum absolute atomic E-state index is 12.6. The second-order valence-corrected chi connectivity index (χ2v) is 8.15. The van der Waals surface area contributed by atoms with Gasteiger partial charge in [-0.05, 0) is 36.3 Å². The Morgan fingerprint density at radius 2 is 1.56 bits per heavy atom. The zero-order chi connectivity index (χ0) is 19.7.